The van der Waals surface area contributed by atoms with Gasteiger partial charge in [0.1, 0.15) is 6.26 Å². The maximum atomic E-state index is 12.9. The van der Waals surface area contributed by atoms with E-state index in [1.165, 1.54) is 12.3 Å². The first-order valence-corrected chi connectivity index (χ1v) is 8.24. The minimum Gasteiger partial charge on any atom is -0.448 e. The number of oxazole rings is 1. The van der Waals surface area contributed by atoms with Crippen LogP contribution in [0.2, 0.25) is 0 Å². The molecule has 0 unspecified atom stereocenters. The van der Waals surface area contributed by atoms with Crippen molar-refractivity contribution < 1.29 is 22.4 Å². The highest BCUT2D eigenvalue weighted by atomic mass is 19.4. The van der Waals surface area contributed by atoms with Crippen LogP contribution >= 0.6 is 0 Å². The fraction of sp³-hybridized carbons (Fsp3) is 0.412. The summed E-state index contributed by atoms with van der Waals surface area (Å²) in [5.74, 6) is 0.166. The molecule has 0 radical (unpaired) electrons. The molecule has 2 N–H and O–H groups in total. The Kier molecular flexibility index (Phi) is 5.17. The van der Waals surface area contributed by atoms with Gasteiger partial charge in [0.25, 0.3) is 5.91 Å². The average Bonchev–Trinajstić information content (AvgIpc) is 3.10. The van der Waals surface area contributed by atoms with E-state index < -0.39 is 11.7 Å². The SMILES string of the molecule is NCCc1nc(C(=O)N2CCN(c3cccc(C(F)(F)F)c3)CC2)co1. The van der Waals surface area contributed by atoms with Crippen LogP contribution in [0.4, 0.5) is 18.9 Å². The maximum Gasteiger partial charge on any atom is 0.416 e. The van der Waals surface area contributed by atoms with Crippen molar-refractivity contribution in [2.75, 3.05) is 37.6 Å². The molecule has 1 aromatic heterocycles. The fourth-order valence-corrected chi connectivity index (χ4v) is 2.86. The number of benzene rings is 1. The zero-order valence-electron chi connectivity index (χ0n) is 14.0. The van der Waals surface area contributed by atoms with Crippen molar-refractivity contribution in [2.45, 2.75) is 12.6 Å². The number of nitrogens with zero attached hydrogens (tertiary/aromatic N) is 3. The van der Waals surface area contributed by atoms with E-state index in [9.17, 15) is 18.0 Å². The number of carbonyl (C=O) groups is 1. The van der Waals surface area contributed by atoms with E-state index >= 15 is 0 Å². The molecule has 2 aromatic rings. The standard InChI is InChI=1S/C17H19F3N4O2/c18-17(19,20)12-2-1-3-13(10-12)23-6-8-24(9-7-23)16(25)14-11-26-15(22-14)4-5-21/h1-3,10-11H,4-9,21H2. The molecule has 3 rings (SSSR count). The molecule has 1 aromatic carbocycles. The number of alkyl halides is 3. The van der Waals surface area contributed by atoms with Gasteiger partial charge in [-0.3, -0.25) is 4.79 Å². The van der Waals surface area contributed by atoms with Crippen molar-refractivity contribution in [3.63, 3.8) is 0 Å². The number of amides is 1. The second-order valence-corrected chi connectivity index (χ2v) is 5.99. The molecule has 0 saturated carbocycles. The molecule has 0 bridgehead atoms. The van der Waals surface area contributed by atoms with Crippen molar-refractivity contribution >= 4 is 11.6 Å². The van der Waals surface area contributed by atoms with Gasteiger partial charge in [-0.1, -0.05) is 6.07 Å². The summed E-state index contributed by atoms with van der Waals surface area (Å²) in [7, 11) is 0. The van der Waals surface area contributed by atoms with E-state index in [1.807, 2.05) is 4.90 Å². The number of carbonyl (C=O) groups excluding carboxylic acids is 1. The molecular weight excluding hydrogens is 349 g/mol. The lowest BCUT2D eigenvalue weighted by Crippen LogP contribution is -2.49. The highest BCUT2D eigenvalue weighted by Gasteiger charge is 2.31. The second-order valence-electron chi connectivity index (χ2n) is 5.99. The predicted molar refractivity (Wildman–Crippen MR) is 88.8 cm³/mol. The summed E-state index contributed by atoms with van der Waals surface area (Å²) in [6.45, 7) is 2.06. The lowest BCUT2D eigenvalue weighted by atomic mass is 10.1. The third kappa shape index (κ3) is 3.98. The van der Waals surface area contributed by atoms with Gasteiger partial charge in [0.15, 0.2) is 11.6 Å². The summed E-state index contributed by atoms with van der Waals surface area (Å²) >= 11 is 0. The Labute approximate surface area is 148 Å². The second kappa shape index (κ2) is 7.36. The molecule has 1 aliphatic rings. The molecule has 26 heavy (non-hydrogen) atoms. The van der Waals surface area contributed by atoms with Crippen molar-refractivity contribution in [2.24, 2.45) is 5.73 Å². The summed E-state index contributed by atoms with van der Waals surface area (Å²) in [4.78, 5) is 20.0. The number of aromatic nitrogens is 1. The molecular formula is C17H19F3N4O2. The van der Waals surface area contributed by atoms with Crippen molar-refractivity contribution in [3.8, 4) is 0 Å². The zero-order chi connectivity index (χ0) is 18.7. The molecule has 1 fully saturated rings. The van der Waals surface area contributed by atoms with Gasteiger partial charge >= 0.3 is 6.18 Å². The summed E-state index contributed by atoms with van der Waals surface area (Å²) in [6.07, 6.45) is -2.61. The smallest absolute Gasteiger partial charge is 0.416 e. The number of rotatable bonds is 4. The van der Waals surface area contributed by atoms with E-state index in [-0.39, 0.29) is 11.6 Å². The quantitative estimate of drug-likeness (QED) is 0.895. The highest BCUT2D eigenvalue weighted by Crippen LogP contribution is 2.31. The fourth-order valence-electron chi connectivity index (χ4n) is 2.86. The molecule has 2 heterocycles. The van der Waals surface area contributed by atoms with Gasteiger partial charge in [0.2, 0.25) is 0 Å². The largest absolute Gasteiger partial charge is 0.448 e. The Balaban J connectivity index is 1.63. The zero-order valence-corrected chi connectivity index (χ0v) is 14.0. The predicted octanol–water partition coefficient (Wildman–Crippen LogP) is 2.16. The summed E-state index contributed by atoms with van der Waals surface area (Å²) in [5.41, 5.74) is 5.47. The normalized spacial score (nSPS) is 15.4. The lowest BCUT2D eigenvalue weighted by molar-refractivity contribution is -0.137. The van der Waals surface area contributed by atoms with Crippen LogP contribution in [0.25, 0.3) is 0 Å². The molecule has 140 valence electrons. The number of piperazine rings is 1. The molecule has 1 amide bonds. The minimum absolute atomic E-state index is 0.223. The highest BCUT2D eigenvalue weighted by molar-refractivity contribution is 5.92. The lowest BCUT2D eigenvalue weighted by Gasteiger charge is -2.36. The van der Waals surface area contributed by atoms with Crippen LogP contribution in [0.3, 0.4) is 0 Å². The van der Waals surface area contributed by atoms with E-state index in [2.05, 4.69) is 4.98 Å². The van der Waals surface area contributed by atoms with Crippen molar-refractivity contribution in [1.29, 1.82) is 0 Å². The van der Waals surface area contributed by atoms with Crippen molar-refractivity contribution in [3.05, 3.63) is 47.7 Å². The van der Waals surface area contributed by atoms with Gasteiger partial charge < -0.3 is 20.0 Å². The van der Waals surface area contributed by atoms with E-state index in [0.717, 1.165) is 12.1 Å². The van der Waals surface area contributed by atoms with Gasteiger partial charge in [-0.25, -0.2) is 4.98 Å². The summed E-state index contributed by atoms with van der Waals surface area (Å²) in [6, 6.07) is 5.22. The topological polar surface area (TPSA) is 75.6 Å². The molecule has 0 spiro atoms. The van der Waals surface area contributed by atoms with Gasteiger partial charge in [-0.05, 0) is 18.2 Å². The van der Waals surface area contributed by atoms with Crippen LogP contribution in [0.15, 0.2) is 34.9 Å². The first-order chi connectivity index (χ1) is 12.4. The van der Waals surface area contributed by atoms with E-state index in [1.54, 1.807) is 11.0 Å². The Morgan fingerprint density at radius 2 is 1.96 bits per heavy atom. The first kappa shape index (κ1) is 18.2. The van der Waals surface area contributed by atoms with Crippen LogP contribution in [-0.4, -0.2) is 48.5 Å². The third-order valence-electron chi connectivity index (χ3n) is 4.23. The van der Waals surface area contributed by atoms with Gasteiger partial charge in [-0.15, -0.1) is 0 Å². The minimum atomic E-state index is -4.37. The number of hydrogen-bond donors (Lipinski definition) is 1. The Morgan fingerprint density at radius 1 is 1.23 bits per heavy atom. The van der Waals surface area contributed by atoms with Crippen LogP contribution < -0.4 is 10.6 Å². The molecule has 1 aliphatic heterocycles. The molecule has 9 heteroatoms. The van der Waals surface area contributed by atoms with Gasteiger partial charge in [-0.2, -0.15) is 13.2 Å². The molecule has 1 saturated heterocycles. The number of halogens is 3. The van der Waals surface area contributed by atoms with Gasteiger partial charge in [0, 0.05) is 44.8 Å². The number of nitrogens with two attached hydrogens (primary N) is 1. The van der Waals surface area contributed by atoms with E-state index in [4.69, 9.17) is 10.2 Å². The van der Waals surface area contributed by atoms with Crippen LogP contribution in [-0.2, 0) is 12.6 Å². The van der Waals surface area contributed by atoms with Crippen LogP contribution in [0.5, 0.6) is 0 Å². The summed E-state index contributed by atoms with van der Waals surface area (Å²) in [5, 5.41) is 0. The van der Waals surface area contributed by atoms with E-state index in [0.29, 0.717) is 50.7 Å². The van der Waals surface area contributed by atoms with Gasteiger partial charge in [0.05, 0.1) is 5.56 Å². The molecule has 6 nitrogen and oxygen atoms in total. The van der Waals surface area contributed by atoms with Crippen molar-refractivity contribution in [1.82, 2.24) is 9.88 Å². The maximum absolute atomic E-state index is 12.9. The number of anilines is 1. The Bertz CT molecular complexity index is 767. The average molecular weight is 368 g/mol. The summed E-state index contributed by atoms with van der Waals surface area (Å²) < 4.78 is 43.8. The third-order valence-corrected chi connectivity index (χ3v) is 4.23. The first-order valence-electron chi connectivity index (χ1n) is 8.24. The molecule has 0 atom stereocenters. The monoisotopic (exact) mass is 368 g/mol. The Hall–Kier alpha value is -2.55. The van der Waals surface area contributed by atoms with Crippen LogP contribution in [0.1, 0.15) is 21.9 Å². The molecule has 0 aliphatic carbocycles. The number of hydrogen-bond acceptors (Lipinski definition) is 5. The van der Waals surface area contributed by atoms with Crippen LogP contribution in [0, 0.1) is 0 Å². The Morgan fingerprint density at radius 3 is 2.62 bits per heavy atom.